The predicted molar refractivity (Wildman–Crippen MR) is 111 cm³/mol. The normalized spacial score (nSPS) is 16.8. The van der Waals surface area contributed by atoms with Crippen molar-refractivity contribution < 1.29 is 0 Å². The van der Waals surface area contributed by atoms with Crippen LogP contribution in [0.3, 0.4) is 0 Å². The van der Waals surface area contributed by atoms with Crippen molar-refractivity contribution in [1.29, 1.82) is 0 Å². The van der Waals surface area contributed by atoms with Crippen LogP contribution in [-0.4, -0.2) is 37.8 Å². The van der Waals surface area contributed by atoms with Gasteiger partial charge >= 0.3 is 0 Å². The highest BCUT2D eigenvalue weighted by Gasteiger charge is 2.23. The van der Waals surface area contributed by atoms with Crippen LogP contribution in [0, 0.1) is 5.92 Å². The number of aromatic nitrogens is 5. The lowest BCUT2D eigenvalue weighted by Gasteiger charge is -2.32. The molecule has 148 valence electrons. The van der Waals surface area contributed by atoms with Crippen molar-refractivity contribution in [3.63, 3.8) is 0 Å². The number of piperidine rings is 1. The zero-order chi connectivity index (χ0) is 19.6. The number of hydrogen-bond donors (Lipinski definition) is 0. The van der Waals surface area contributed by atoms with E-state index in [2.05, 4.69) is 31.1 Å². The molecule has 0 aromatic carbocycles. The molecule has 0 N–H and O–H groups in total. The summed E-state index contributed by atoms with van der Waals surface area (Å²) in [5, 5.41) is 8.86. The second kappa shape index (κ2) is 7.73. The molecular weight excluding hydrogens is 364 g/mol. The number of nitrogens with zero attached hydrogens (tertiary/aromatic N) is 6. The number of anilines is 1. The summed E-state index contributed by atoms with van der Waals surface area (Å²) < 4.78 is 1.73. The first kappa shape index (κ1) is 18.0. The Hall–Kier alpha value is -3.09. The smallest absolute Gasteiger partial charge is 0.253 e. The topological polar surface area (TPSA) is 76.8 Å². The van der Waals surface area contributed by atoms with Gasteiger partial charge in [0.05, 0.1) is 17.7 Å². The lowest BCUT2D eigenvalue weighted by Crippen LogP contribution is -2.37. The molecule has 0 saturated carbocycles. The van der Waals surface area contributed by atoms with Crippen molar-refractivity contribution in [3.05, 3.63) is 64.6 Å². The quantitative estimate of drug-likeness (QED) is 0.683. The van der Waals surface area contributed by atoms with Crippen molar-refractivity contribution in [2.45, 2.75) is 38.6 Å². The Morgan fingerprint density at radius 2 is 2.00 bits per heavy atom. The van der Waals surface area contributed by atoms with Crippen molar-refractivity contribution in [2.24, 2.45) is 5.92 Å². The molecule has 7 heteroatoms. The fourth-order valence-corrected chi connectivity index (χ4v) is 4.33. The molecule has 0 radical (unpaired) electrons. The molecule has 1 aliphatic carbocycles. The lowest BCUT2D eigenvalue weighted by atomic mass is 9.96. The van der Waals surface area contributed by atoms with Crippen molar-refractivity contribution in [3.8, 4) is 11.3 Å². The molecule has 2 aliphatic rings. The minimum Gasteiger partial charge on any atom is -0.355 e. The highest BCUT2D eigenvalue weighted by atomic mass is 16.1. The molecule has 0 unspecified atom stereocenters. The fourth-order valence-electron chi connectivity index (χ4n) is 4.33. The maximum Gasteiger partial charge on any atom is 0.253 e. The average molecular weight is 388 g/mol. The fraction of sp³-hybridized carbons (Fsp3) is 0.409. The van der Waals surface area contributed by atoms with Crippen molar-refractivity contribution in [1.82, 2.24) is 24.7 Å². The summed E-state index contributed by atoms with van der Waals surface area (Å²) in [5.41, 5.74) is 4.06. The van der Waals surface area contributed by atoms with E-state index in [1.54, 1.807) is 29.4 Å². The molecule has 29 heavy (non-hydrogen) atoms. The van der Waals surface area contributed by atoms with Gasteiger partial charge in [-0.3, -0.25) is 14.3 Å². The van der Waals surface area contributed by atoms with Crippen LogP contribution in [0.5, 0.6) is 0 Å². The molecule has 0 spiro atoms. The van der Waals surface area contributed by atoms with Gasteiger partial charge in [-0.2, -0.15) is 5.10 Å². The number of aryl methyl sites for hydroxylation is 2. The Morgan fingerprint density at radius 1 is 1.10 bits per heavy atom. The van der Waals surface area contributed by atoms with Gasteiger partial charge in [-0.25, -0.2) is 4.98 Å². The van der Waals surface area contributed by atoms with E-state index in [1.807, 2.05) is 12.1 Å². The van der Waals surface area contributed by atoms with E-state index in [9.17, 15) is 4.79 Å². The molecule has 5 rings (SSSR count). The van der Waals surface area contributed by atoms with Crippen LogP contribution in [-0.2, 0) is 19.4 Å². The second-order valence-corrected chi connectivity index (χ2v) is 7.96. The Bertz CT molecular complexity index is 1060. The highest BCUT2D eigenvalue weighted by Crippen LogP contribution is 2.26. The SMILES string of the molecule is O=c1cc(-c2cccnc2)ncn1CC1CCN(c2cc3c(nn2)CCC3)CC1. The maximum atomic E-state index is 12.6. The van der Waals surface area contributed by atoms with Crippen LogP contribution in [0.25, 0.3) is 11.3 Å². The van der Waals surface area contributed by atoms with Gasteiger partial charge in [-0.15, -0.1) is 5.10 Å². The highest BCUT2D eigenvalue weighted by molar-refractivity contribution is 5.56. The van der Waals surface area contributed by atoms with E-state index in [1.165, 1.54) is 17.7 Å². The van der Waals surface area contributed by atoms with E-state index in [0.29, 0.717) is 18.2 Å². The Kier molecular flexibility index (Phi) is 4.79. The van der Waals surface area contributed by atoms with Crippen molar-refractivity contribution in [2.75, 3.05) is 18.0 Å². The van der Waals surface area contributed by atoms with E-state index < -0.39 is 0 Å². The van der Waals surface area contributed by atoms with E-state index in [4.69, 9.17) is 0 Å². The van der Waals surface area contributed by atoms with Crippen LogP contribution >= 0.6 is 0 Å². The molecule has 4 heterocycles. The first-order valence-corrected chi connectivity index (χ1v) is 10.3. The first-order chi connectivity index (χ1) is 14.3. The minimum atomic E-state index is -0.00854. The molecule has 7 nitrogen and oxygen atoms in total. The molecule has 3 aromatic heterocycles. The third-order valence-electron chi connectivity index (χ3n) is 6.04. The maximum absolute atomic E-state index is 12.6. The molecule has 1 aliphatic heterocycles. The number of fused-ring (bicyclic) bond motifs is 1. The van der Waals surface area contributed by atoms with E-state index >= 15 is 0 Å². The molecule has 0 atom stereocenters. The summed E-state index contributed by atoms with van der Waals surface area (Å²) in [6, 6.07) is 7.59. The molecular formula is C22H24N6O. The summed E-state index contributed by atoms with van der Waals surface area (Å²) in [6.45, 7) is 2.62. The standard InChI is InChI=1S/C22H24N6O/c29-22-12-20(18-4-2-8-23-13-18)24-15-28(22)14-16-6-9-27(10-7-16)21-11-17-3-1-5-19(17)25-26-21/h2,4,8,11-13,15-16H,1,3,5-7,9-10,14H2. The first-order valence-electron chi connectivity index (χ1n) is 10.3. The van der Waals surface area contributed by atoms with Gasteiger partial charge in [-0.05, 0) is 61.8 Å². The van der Waals surface area contributed by atoms with E-state index in [0.717, 1.165) is 50.2 Å². The molecule has 0 amide bonds. The summed E-state index contributed by atoms with van der Waals surface area (Å²) in [4.78, 5) is 23.4. The minimum absolute atomic E-state index is 0.00854. The number of rotatable bonds is 4. The van der Waals surface area contributed by atoms with Crippen LogP contribution in [0.2, 0.25) is 0 Å². The van der Waals surface area contributed by atoms with Crippen LogP contribution in [0.1, 0.15) is 30.5 Å². The second-order valence-electron chi connectivity index (χ2n) is 7.96. The Morgan fingerprint density at radius 3 is 2.79 bits per heavy atom. The van der Waals surface area contributed by atoms with Crippen LogP contribution in [0.15, 0.2) is 47.8 Å². The van der Waals surface area contributed by atoms with Crippen molar-refractivity contribution >= 4 is 5.82 Å². The number of hydrogen-bond acceptors (Lipinski definition) is 6. The van der Waals surface area contributed by atoms with Gasteiger partial charge in [0.25, 0.3) is 5.56 Å². The number of pyridine rings is 1. The molecule has 1 fully saturated rings. The summed E-state index contributed by atoms with van der Waals surface area (Å²) in [6.07, 6.45) is 10.6. The average Bonchev–Trinajstić information content (AvgIpc) is 3.24. The Labute approximate surface area is 169 Å². The Balaban J connectivity index is 1.22. The molecule has 0 bridgehead atoms. The van der Waals surface area contributed by atoms with Crippen LogP contribution < -0.4 is 10.5 Å². The van der Waals surface area contributed by atoms with Gasteiger partial charge in [0, 0.05) is 43.7 Å². The van der Waals surface area contributed by atoms with Gasteiger partial charge in [-0.1, -0.05) is 0 Å². The zero-order valence-electron chi connectivity index (χ0n) is 16.4. The monoisotopic (exact) mass is 388 g/mol. The largest absolute Gasteiger partial charge is 0.355 e. The predicted octanol–water partition coefficient (Wildman–Crippen LogP) is 2.50. The third kappa shape index (κ3) is 3.77. The van der Waals surface area contributed by atoms with Gasteiger partial charge < -0.3 is 4.90 Å². The van der Waals surface area contributed by atoms with Gasteiger partial charge in [0.15, 0.2) is 5.82 Å². The van der Waals surface area contributed by atoms with E-state index in [-0.39, 0.29) is 5.56 Å². The van der Waals surface area contributed by atoms with Gasteiger partial charge in [0.2, 0.25) is 0 Å². The summed E-state index contributed by atoms with van der Waals surface area (Å²) in [7, 11) is 0. The lowest BCUT2D eigenvalue weighted by molar-refractivity contribution is 0.350. The zero-order valence-corrected chi connectivity index (χ0v) is 16.4. The molecule has 3 aromatic rings. The molecule has 1 saturated heterocycles. The van der Waals surface area contributed by atoms with Gasteiger partial charge in [0.1, 0.15) is 0 Å². The summed E-state index contributed by atoms with van der Waals surface area (Å²) in [5.74, 6) is 1.47. The van der Waals surface area contributed by atoms with Crippen LogP contribution in [0.4, 0.5) is 5.82 Å². The summed E-state index contributed by atoms with van der Waals surface area (Å²) >= 11 is 0. The third-order valence-corrected chi connectivity index (χ3v) is 6.04.